The molecule has 19 heavy (non-hydrogen) atoms. The zero-order valence-electron chi connectivity index (χ0n) is 11.2. The van der Waals surface area contributed by atoms with Gasteiger partial charge in [0.05, 0.1) is 18.6 Å². The minimum atomic E-state index is -0.418. The van der Waals surface area contributed by atoms with Crippen LogP contribution in [0.4, 0.5) is 5.69 Å². The molecule has 1 aromatic carbocycles. The normalized spacial score (nSPS) is 17.9. The maximum absolute atomic E-state index is 12.1. The maximum Gasteiger partial charge on any atom is 0.225 e. The summed E-state index contributed by atoms with van der Waals surface area (Å²) in [4.78, 5) is 12.1. The van der Waals surface area contributed by atoms with E-state index in [0.29, 0.717) is 5.69 Å². The fraction of sp³-hybridized carbons (Fsp3) is 0.533. The number of aliphatic hydroxyl groups excluding tert-OH is 1. The van der Waals surface area contributed by atoms with E-state index in [2.05, 4.69) is 5.32 Å². The summed E-state index contributed by atoms with van der Waals surface area (Å²) in [6, 6.07) is 7.39. The Bertz CT molecular complexity index is 440. The van der Waals surface area contributed by atoms with Crippen molar-refractivity contribution in [2.75, 3.05) is 12.3 Å². The summed E-state index contributed by atoms with van der Waals surface area (Å²) in [5.74, 6) is -0.0612. The smallest absolute Gasteiger partial charge is 0.225 e. The van der Waals surface area contributed by atoms with Crippen LogP contribution in [0.5, 0.6) is 0 Å². The summed E-state index contributed by atoms with van der Waals surface area (Å²) in [5.41, 5.74) is 6.90. The minimum absolute atomic E-state index is 0.0169. The van der Waals surface area contributed by atoms with E-state index >= 15 is 0 Å². The highest BCUT2D eigenvalue weighted by molar-refractivity contribution is 5.81. The molecule has 0 aromatic heterocycles. The molecule has 1 amide bonds. The number of para-hydroxylation sites is 1. The highest BCUT2D eigenvalue weighted by Gasteiger charge is 2.32. The lowest BCUT2D eigenvalue weighted by Crippen LogP contribution is -2.53. The first-order valence-corrected chi connectivity index (χ1v) is 6.90. The standard InChI is InChI=1S/C15H22N2O2/c16-13-7-3-2-6-12(13)10-14(19)17-15(11-18)8-4-1-5-9-15/h2-3,6-7,18H,1,4-5,8-11,16H2,(H,17,19). The van der Waals surface area contributed by atoms with Gasteiger partial charge in [0.15, 0.2) is 0 Å². The molecular formula is C15H22N2O2. The predicted octanol–water partition coefficient (Wildman–Crippen LogP) is 1.62. The third kappa shape index (κ3) is 3.47. The molecular weight excluding hydrogens is 240 g/mol. The average molecular weight is 262 g/mol. The van der Waals surface area contributed by atoms with E-state index in [-0.39, 0.29) is 18.9 Å². The van der Waals surface area contributed by atoms with Crippen LogP contribution >= 0.6 is 0 Å². The van der Waals surface area contributed by atoms with E-state index in [1.54, 1.807) is 6.07 Å². The molecule has 2 rings (SSSR count). The van der Waals surface area contributed by atoms with Gasteiger partial charge < -0.3 is 16.2 Å². The van der Waals surface area contributed by atoms with Gasteiger partial charge in [-0.1, -0.05) is 37.5 Å². The largest absolute Gasteiger partial charge is 0.398 e. The first-order chi connectivity index (χ1) is 9.15. The van der Waals surface area contributed by atoms with Crippen molar-refractivity contribution in [3.63, 3.8) is 0 Å². The summed E-state index contributed by atoms with van der Waals surface area (Å²) >= 11 is 0. The van der Waals surface area contributed by atoms with Gasteiger partial charge in [0.25, 0.3) is 0 Å². The molecule has 4 N–H and O–H groups in total. The molecule has 0 aliphatic heterocycles. The van der Waals surface area contributed by atoms with Gasteiger partial charge >= 0.3 is 0 Å². The molecule has 1 saturated carbocycles. The molecule has 0 radical (unpaired) electrons. The van der Waals surface area contributed by atoms with Crippen molar-refractivity contribution < 1.29 is 9.90 Å². The van der Waals surface area contributed by atoms with Crippen LogP contribution in [0.25, 0.3) is 0 Å². The van der Waals surface area contributed by atoms with Crippen LogP contribution < -0.4 is 11.1 Å². The van der Waals surface area contributed by atoms with Crippen molar-refractivity contribution >= 4 is 11.6 Å². The second-order valence-electron chi connectivity index (χ2n) is 5.42. The Hall–Kier alpha value is -1.55. The molecule has 0 saturated heterocycles. The number of anilines is 1. The first-order valence-electron chi connectivity index (χ1n) is 6.90. The van der Waals surface area contributed by atoms with Crippen LogP contribution in [-0.2, 0) is 11.2 Å². The van der Waals surface area contributed by atoms with Gasteiger partial charge in [-0.15, -0.1) is 0 Å². The number of nitrogens with two attached hydrogens (primary N) is 1. The zero-order valence-corrected chi connectivity index (χ0v) is 11.2. The lowest BCUT2D eigenvalue weighted by molar-refractivity contribution is -0.123. The van der Waals surface area contributed by atoms with Crippen LogP contribution in [0.3, 0.4) is 0 Å². The van der Waals surface area contributed by atoms with Gasteiger partial charge in [0.2, 0.25) is 5.91 Å². The Morgan fingerprint density at radius 3 is 2.58 bits per heavy atom. The highest BCUT2D eigenvalue weighted by atomic mass is 16.3. The molecule has 0 bridgehead atoms. The summed E-state index contributed by atoms with van der Waals surface area (Å²) in [6.07, 6.45) is 5.30. The molecule has 1 aliphatic rings. The second kappa shape index (κ2) is 6.06. The lowest BCUT2D eigenvalue weighted by atomic mass is 9.82. The Labute approximate surface area is 114 Å². The molecule has 1 aromatic rings. The number of nitrogens with one attached hydrogen (secondary N) is 1. The van der Waals surface area contributed by atoms with Crippen molar-refractivity contribution in [3.05, 3.63) is 29.8 Å². The average Bonchev–Trinajstić information content (AvgIpc) is 2.42. The number of hydrogen-bond donors (Lipinski definition) is 3. The van der Waals surface area contributed by atoms with Crippen molar-refractivity contribution in [2.45, 2.75) is 44.1 Å². The number of aliphatic hydroxyl groups is 1. The van der Waals surface area contributed by atoms with Crippen LogP contribution in [0.15, 0.2) is 24.3 Å². The third-order valence-corrected chi connectivity index (χ3v) is 3.92. The molecule has 0 unspecified atom stereocenters. The Balaban J connectivity index is 1.98. The van der Waals surface area contributed by atoms with E-state index in [1.807, 2.05) is 18.2 Å². The molecule has 1 fully saturated rings. The Morgan fingerprint density at radius 2 is 1.95 bits per heavy atom. The Kier molecular flexibility index (Phi) is 4.43. The summed E-state index contributed by atoms with van der Waals surface area (Å²) in [7, 11) is 0. The number of benzene rings is 1. The van der Waals surface area contributed by atoms with E-state index in [9.17, 15) is 9.90 Å². The Morgan fingerprint density at radius 1 is 1.26 bits per heavy atom. The van der Waals surface area contributed by atoms with Gasteiger partial charge in [-0.2, -0.15) is 0 Å². The molecule has 4 heteroatoms. The topological polar surface area (TPSA) is 75.4 Å². The number of carbonyl (C=O) groups is 1. The molecule has 4 nitrogen and oxygen atoms in total. The number of carbonyl (C=O) groups excluding carboxylic acids is 1. The van der Waals surface area contributed by atoms with Gasteiger partial charge in [0.1, 0.15) is 0 Å². The molecule has 0 spiro atoms. The van der Waals surface area contributed by atoms with Crippen LogP contribution in [-0.4, -0.2) is 23.2 Å². The lowest BCUT2D eigenvalue weighted by Gasteiger charge is -2.36. The van der Waals surface area contributed by atoms with Crippen molar-refractivity contribution in [3.8, 4) is 0 Å². The van der Waals surface area contributed by atoms with Crippen LogP contribution in [0.2, 0.25) is 0 Å². The number of hydrogen-bond acceptors (Lipinski definition) is 3. The molecule has 1 aliphatic carbocycles. The fourth-order valence-corrected chi connectivity index (χ4v) is 2.76. The van der Waals surface area contributed by atoms with Gasteiger partial charge in [0, 0.05) is 5.69 Å². The van der Waals surface area contributed by atoms with Crippen molar-refractivity contribution in [1.82, 2.24) is 5.32 Å². The van der Waals surface area contributed by atoms with Gasteiger partial charge in [-0.05, 0) is 24.5 Å². The van der Waals surface area contributed by atoms with E-state index in [4.69, 9.17) is 5.73 Å². The SMILES string of the molecule is Nc1ccccc1CC(=O)NC1(CO)CCCCC1. The van der Waals surface area contributed by atoms with E-state index in [1.165, 1.54) is 6.42 Å². The van der Waals surface area contributed by atoms with Crippen molar-refractivity contribution in [1.29, 1.82) is 0 Å². The third-order valence-electron chi connectivity index (χ3n) is 3.92. The number of rotatable bonds is 4. The minimum Gasteiger partial charge on any atom is -0.398 e. The summed E-state index contributed by atoms with van der Waals surface area (Å²) in [6.45, 7) is 0.0169. The van der Waals surface area contributed by atoms with E-state index in [0.717, 1.165) is 31.2 Å². The summed E-state index contributed by atoms with van der Waals surface area (Å²) < 4.78 is 0. The van der Waals surface area contributed by atoms with Gasteiger partial charge in [-0.3, -0.25) is 4.79 Å². The maximum atomic E-state index is 12.1. The molecule has 0 atom stereocenters. The highest BCUT2D eigenvalue weighted by Crippen LogP contribution is 2.27. The number of nitrogen functional groups attached to an aromatic ring is 1. The second-order valence-corrected chi connectivity index (χ2v) is 5.42. The predicted molar refractivity (Wildman–Crippen MR) is 75.6 cm³/mol. The monoisotopic (exact) mass is 262 g/mol. The quantitative estimate of drug-likeness (QED) is 0.722. The zero-order chi connectivity index (χ0) is 13.7. The van der Waals surface area contributed by atoms with E-state index < -0.39 is 5.54 Å². The molecule has 104 valence electrons. The fourth-order valence-electron chi connectivity index (χ4n) is 2.76. The van der Waals surface area contributed by atoms with Gasteiger partial charge in [-0.25, -0.2) is 0 Å². The van der Waals surface area contributed by atoms with Crippen molar-refractivity contribution in [2.24, 2.45) is 0 Å². The molecule has 0 heterocycles. The first kappa shape index (κ1) is 13.9. The summed E-state index contributed by atoms with van der Waals surface area (Å²) in [5, 5.41) is 12.6. The number of amides is 1. The van der Waals surface area contributed by atoms with Crippen LogP contribution in [0, 0.1) is 0 Å². The van der Waals surface area contributed by atoms with Crippen LogP contribution in [0.1, 0.15) is 37.7 Å².